The first-order valence-corrected chi connectivity index (χ1v) is 9.70. The Morgan fingerprint density at radius 3 is 2.75 bits per heavy atom. The first kappa shape index (κ1) is 18.6. The van der Waals surface area contributed by atoms with E-state index in [9.17, 15) is 14.7 Å². The van der Waals surface area contributed by atoms with Gasteiger partial charge in [0.1, 0.15) is 5.76 Å². The number of hydrogen-bond acceptors (Lipinski definition) is 5. The standard InChI is InChI=1S/C22H24N2O4/c1-14-9-17(28-23-14)10-16-12-24(13-21(16)26)22(27)11-19-18(7-8-20(19)25)15-5-3-2-4-6-15/h2-6,9,16,21,26H,7-8,10-13H2,1H3/t16-,21+/m1/s1. The van der Waals surface area contributed by atoms with Gasteiger partial charge >= 0.3 is 0 Å². The number of nitrogens with zero attached hydrogens (tertiary/aromatic N) is 2. The third-order valence-electron chi connectivity index (χ3n) is 5.65. The van der Waals surface area contributed by atoms with Crippen molar-refractivity contribution in [1.29, 1.82) is 0 Å². The molecule has 2 atom stereocenters. The molecule has 1 aliphatic carbocycles. The lowest BCUT2D eigenvalue weighted by atomic mass is 9.99. The van der Waals surface area contributed by atoms with Crippen LogP contribution in [0.2, 0.25) is 0 Å². The molecule has 1 aliphatic heterocycles. The minimum atomic E-state index is -0.601. The van der Waals surface area contributed by atoms with Gasteiger partial charge in [0, 0.05) is 43.5 Å². The van der Waals surface area contributed by atoms with Crippen molar-refractivity contribution in [3.05, 3.63) is 59.0 Å². The van der Waals surface area contributed by atoms with Crippen LogP contribution in [0.5, 0.6) is 0 Å². The van der Waals surface area contributed by atoms with Crippen LogP contribution in [0.3, 0.4) is 0 Å². The summed E-state index contributed by atoms with van der Waals surface area (Å²) in [7, 11) is 0. The first-order chi connectivity index (χ1) is 13.5. The zero-order valence-electron chi connectivity index (χ0n) is 15.9. The molecule has 146 valence electrons. The van der Waals surface area contributed by atoms with E-state index >= 15 is 0 Å². The van der Waals surface area contributed by atoms with Crippen molar-refractivity contribution in [3.63, 3.8) is 0 Å². The molecule has 1 aromatic carbocycles. The van der Waals surface area contributed by atoms with Crippen LogP contribution in [0.1, 0.15) is 36.3 Å². The van der Waals surface area contributed by atoms with E-state index in [0.29, 0.717) is 37.9 Å². The fourth-order valence-electron chi connectivity index (χ4n) is 4.16. The van der Waals surface area contributed by atoms with Crippen LogP contribution in [0, 0.1) is 12.8 Å². The van der Waals surface area contributed by atoms with E-state index < -0.39 is 6.10 Å². The molecular weight excluding hydrogens is 356 g/mol. The third kappa shape index (κ3) is 3.78. The molecule has 6 nitrogen and oxygen atoms in total. The lowest BCUT2D eigenvalue weighted by Crippen LogP contribution is -2.30. The van der Waals surface area contributed by atoms with Gasteiger partial charge in [-0.1, -0.05) is 35.5 Å². The number of carbonyl (C=O) groups excluding carboxylic acids is 2. The van der Waals surface area contributed by atoms with Crippen LogP contribution < -0.4 is 0 Å². The number of rotatable bonds is 5. The van der Waals surface area contributed by atoms with Crippen molar-refractivity contribution in [3.8, 4) is 0 Å². The molecule has 1 N–H and O–H groups in total. The molecule has 1 fully saturated rings. The van der Waals surface area contributed by atoms with E-state index in [-0.39, 0.29) is 24.0 Å². The number of aliphatic hydroxyl groups is 1. The van der Waals surface area contributed by atoms with Gasteiger partial charge in [-0.05, 0) is 24.5 Å². The zero-order chi connectivity index (χ0) is 19.7. The van der Waals surface area contributed by atoms with E-state index in [4.69, 9.17) is 4.52 Å². The highest BCUT2D eigenvalue weighted by atomic mass is 16.5. The van der Waals surface area contributed by atoms with Crippen LogP contribution >= 0.6 is 0 Å². The maximum atomic E-state index is 12.9. The summed E-state index contributed by atoms with van der Waals surface area (Å²) in [4.78, 5) is 26.9. The summed E-state index contributed by atoms with van der Waals surface area (Å²) in [5.74, 6) is 0.587. The Labute approximate surface area is 163 Å². The molecule has 0 unspecified atom stereocenters. The minimum absolute atomic E-state index is 0.0561. The first-order valence-electron chi connectivity index (χ1n) is 9.70. The summed E-state index contributed by atoms with van der Waals surface area (Å²) in [5.41, 5.74) is 3.42. The molecular formula is C22H24N2O4. The molecule has 1 saturated heterocycles. The smallest absolute Gasteiger partial charge is 0.227 e. The summed E-state index contributed by atoms with van der Waals surface area (Å²) < 4.78 is 5.24. The van der Waals surface area contributed by atoms with E-state index in [1.807, 2.05) is 43.3 Å². The lowest BCUT2D eigenvalue weighted by Gasteiger charge is -2.17. The Bertz CT molecular complexity index is 916. The summed E-state index contributed by atoms with van der Waals surface area (Å²) in [6, 6.07) is 11.6. The van der Waals surface area contributed by atoms with Gasteiger partial charge < -0.3 is 14.5 Å². The van der Waals surface area contributed by atoms with E-state index in [2.05, 4.69) is 5.16 Å². The summed E-state index contributed by atoms with van der Waals surface area (Å²) >= 11 is 0. The van der Waals surface area contributed by atoms with Gasteiger partial charge in [0.05, 0.1) is 18.2 Å². The Hall–Kier alpha value is -2.73. The second-order valence-corrected chi connectivity index (χ2v) is 7.69. The van der Waals surface area contributed by atoms with E-state index in [1.54, 1.807) is 4.90 Å². The molecule has 28 heavy (non-hydrogen) atoms. The van der Waals surface area contributed by atoms with Crippen molar-refractivity contribution in [2.24, 2.45) is 5.92 Å². The molecule has 0 saturated carbocycles. The quantitative estimate of drug-likeness (QED) is 0.862. The molecule has 4 rings (SSSR count). The van der Waals surface area contributed by atoms with Crippen LogP contribution in [0.25, 0.3) is 5.57 Å². The Kier molecular flexibility index (Phi) is 5.13. The topological polar surface area (TPSA) is 83.6 Å². The second-order valence-electron chi connectivity index (χ2n) is 7.69. The Morgan fingerprint density at radius 2 is 2.04 bits per heavy atom. The highest BCUT2D eigenvalue weighted by Crippen LogP contribution is 2.34. The number of benzene rings is 1. The number of aliphatic hydroxyl groups excluding tert-OH is 1. The largest absolute Gasteiger partial charge is 0.391 e. The fourth-order valence-corrected chi connectivity index (χ4v) is 4.16. The molecule has 2 aromatic rings. The number of likely N-dealkylation sites (tertiary alicyclic amines) is 1. The molecule has 1 amide bonds. The highest BCUT2D eigenvalue weighted by molar-refractivity contribution is 6.10. The Balaban J connectivity index is 1.45. The maximum Gasteiger partial charge on any atom is 0.227 e. The van der Waals surface area contributed by atoms with Crippen LogP contribution in [0.4, 0.5) is 0 Å². The lowest BCUT2D eigenvalue weighted by molar-refractivity contribution is -0.130. The number of aryl methyl sites for hydroxylation is 1. The van der Waals surface area contributed by atoms with Gasteiger partial charge in [-0.2, -0.15) is 0 Å². The minimum Gasteiger partial charge on any atom is -0.391 e. The van der Waals surface area contributed by atoms with Gasteiger partial charge in [-0.3, -0.25) is 9.59 Å². The number of carbonyl (C=O) groups is 2. The number of hydrogen-bond donors (Lipinski definition) is 1. The SMILES string of the molecule is Cc1cc(C[C@@H]2CN(C(=O)CC3=C(c4ccccc4)CCC3=O)C[C@@H]2O)on1. The van der Waals surface area contributed by atoms with E-state index in [0.717, 1.165) is 22.6 Å². The average Bonchev–Trinajstić information content (AvgIpc) is 3.37. The highest BCUT2D eigenvalue weighted by Gasteiger charge is 2.36. The number of β-amino-alcohol motifs (C(OH)–C–C–N with tert-alkyl or cyclic N) is 1. The normalized spacial score (nSPS) is 22.4. The number of ketones is 1. The van der Waals surface area contributed by atoms with Gasteiger partial charge in [0.25, 0.3) is 0 Å². The predicted octanol–water partition coefficient (Wildman–Crippen LogP) is 2.55. The number of allylic oxidation sites excluding steroid dienone is 1. The van der Waals surface area contributed by atoms with Crippen LogP contribution in [0.15, 0.2) is 46.5 Å². The molecule has 1 aromatic heterocycles. The fraction of sp³-hybridized carbons (Fsp3) is 0.409. The number of amides is 1. The molecule has 0 spiro atoms. The van der Waals surface area contributed by atoms with Crippen LogP contribution in [-0.2, 0) is 16.0 Å². The van der Waals surface area contributed by atoms with Crippen molar-refractivity contribution < 1.29 is 19.2 Å². The Morgan fingerprint density at radius 1 is 1.25 bits per heavy atom. The zero-order valence-corrected chi connectivity index (χ0v) is 15.9. The number of Topliss-reactive ketones (excluding diaryl/α,β-unsaturated/α-hetero) is 1. The van der Waals surface area contributed by atoms with Crippen molar-refractivity contribution in [1.82, 2.24) is 10.1 Å². The van der Waals surface area contributed by atoms with Gasteiger partial charge in [-0.25, -0.2) is 0 Å². The average molecular weight is 380 g/mol. The molecule has 2 aliphatic rings. The second kappa shape index (κ2) is 7.72. The van der Waals surface area contributed by atoms with E-state index in [1.165, 1.54) is 0 Å². The van der Waals surface area contributed by atoms with Crippen molar-refractivity contribution in [2.45, 2.75) is 38.7 Å². The molecule has 0 radical (unpaired) electrons. The molecule has 0 bridgehead atoms. The molecule has 6 heteroatoms. The van der Waals surface area contributed by atoms with Crippen molar-refractivity contribution >= 4 is 17.3 Å². The number of aromatic nitrogens is 1. The monoisotopic (exact) mass is 380 g/mol. The summed E-state index contributed by atoms with van der Waals surface area (Å²) in [6.45, 7) is 2.60. The van der Waals surface area contributed by atoms with Gasteiger partial charge in [-0.15, -0.1) is 0 Å². The van der Waals surface area contributed by atoms with Crippen molar-refractivity contribution in [2.75, 3.05) is 13.1 Å². The third-order valence-corrected chi connectivity index (χ3v) is 5.65. The van der Waals surface area contributed by atoms with Gasteiger partial charge in [0.2, 0.25) is 5.91 Å². The maximum absolute atomic E-state index is 12.9. The van der Waals surface area contributed by atoms with Crippen LogP contribution in [-0.4, -0.2) is 46.0 Å². The molecule has 2 heterocycles. The summed E-state index contributed by atoms with van der Waals surface area (Å²) in [5, 5.41) is 14.3. The van der Waals surface area contributed by atoms with Gasteiger partial charge in [0.15, 0.2) is 5.78 Å². The predicted molar refractivity (Wildman–Crippen MR) is 103 cm³/mol. The summed E-state index contributed by atoms with van der Waals surface area (Å²) in [6.07, 6.45) is 1.19.